The molecule has 4 heteroatoms. The predicted octanol–water partition coefficient (Wildman–Crippen LogP) is 3.41. The molecule has 1 aromatic rings. The van der Waals surface area contributed by atoms with Crippen molar-refractivity contribution < 1.29 is 4.79 Å². The Kier molecular flexibility index (Phi) is 7.37. The van der Waals surface area contributed by atoms with E-state index in [1.807, 2.05) is 0 Å². The van der Waals surface area contributed by atoms with Crippen molar-refractivity contribution >= 4 is 18.3 Å². The number of benzene rings is 1. The number of carbonyl (C=O) groups excluding carboxylic acids is 1. The van der Waals surface area contributed by atoms with E-state index in [1.165, 1.54) is 17.5 Å². The maximum atomic E-state index is 11.9. The van der Waals surface area contributed by atoms with E-state index >= 15 is 0 Å². The van der Waals surface area contributed by atoms with Crippen LogP contribution >= 0.6 is 12.4 Å². The lowest BCUT2D eigenvalue weighted by atomic mass is 9.87. The van der Waals surface area contributed by atoms with E-state index in [4.69, 9.17) is 0 Å². The molecule has 124 valence electrons. The van der Waals surface area contributed by atoms with Crippen LogP contribution < -0.4 is 10.6 Å². The van der Waals surface area contributed by atoms with Gasteiger partial charge in [0.15, 0.2) is 0 Å². The highest BCUT2D eigenvalue weighted by atomic mass is 35.5. The van der Waals surface area contributed by atoms with Crippen LogP contribution in [-0.2, 0) is 16.8 Å². The highest BCUT2D eigenvalue weighted by Gasteiger charge is 2.16. The van der Waals surface area contributed by atoms with Gasteiger partial charge in [-0.1, -0.05) is 45.0 Å². The second-order valence-corrected chi connectivity index (χ2v) is 7.12. The summed E-state index contributed by atoms with van der Waals surface area (Å²) < 4.78 is 0. The van der Waals surface area contributed by atoms with Gasteiger partial charge >= 0.3 is 0 Å². The Labute approximate surface area is 140 Å². The molecule has 0 aliphatic carbocycles. The molecular weight excluding hydrogens is 296 g/mol. The van der Waals surface area contributed by atoms with Crippen LogP contribution in [0.1, 0.15) is 51.2 Å². The maximum absolute atomic E-state index is 11.9. The average molecular weight is 325 g/mol. The summed E-state index contributed by atoms with van der Waals surface area (Å²) in [6.45, 7) is 9.44. The number of nitrogens with one attached hydrogen (secondary N) is 2. The molecule has 2 N–H and O–H groups in total. The van der Waals surface area contributed by atoms with Gasteiger partial charge in [-0.3, -0.25) is 4.79 Å². The topological polar surface area (TPSA) is 41.1 Å². The van der Waals surface area contributed by atoms with Gasteiger partial charge in [0.25, 0.3) is 0 Å². The SMILES string of the molecule is CC(C)(C)c1ccc(CNC(=O)CCC2CCNC2)cc1.Cl. The third-order valence-electron chi connectivity index (χ3n) is 4.25. The number of hydrogen-bond acceptors (Lipinski definition) is 2. The molecule has 0 spiro atoms. The first-order valence-electron chi connectivity index (χ1n) is 8.02. The normalized spacial score (nSPS) is 17.9. The van der Waals surface area contributed by atoms with Crippen molar-refractivity contribution in [2.75, 3.05) is 13.1 Å². The zero-order valence-corrected chi connectivity index (χ0v) is 14.8. The zero-order valence-electron chi connectivity index (χ0n) is 13.9. The number of rotatable bonds is 5. The van der Waals surface area contributed by atoms with E-state index in [0.717, 1.165) is 19.5 Å². The lowest BCUT2D eigenvalue weighted by Crippen LogP contribution is -2.23. The molecule has 1 aliphatic heterocycles. The van der Waals surface area contributed by atoms with Crippen LogP contribution in [0.15, 0.2) is 24.3 Å². The Morgan fingerprint density at radius 1 is 1.27 bits per heavy atom. The van der Waals surface area contributed by atoms with Crippen LogP contribution in [0, 0.1) is 5.92 Å². The van der Waals surface area contributed by atoms with Crippen molar-refractivity contribution in [1.82, 2.24) is 10.6 Å². The molecule has 1 heterocycles. The number of amides is 1. The minimum absolute atomic E-state index is 0. The number of carbonyl (C=O) groups is 1. The quantitative estimate of drug-likeness (QED) is 0.871. The smallest absolute Gasteiger partial charge is 0.220 e. The first-order chi connectivity index (χ1) is 9.95. The van der Waals surface area contributed by atoms with Crippen LogP contribution in [0.2, 0.25) is 0 Å². The molecule has 3 nitrogen and oxygen atoms in total. The summed E-state index contributed by atoms with van der Waals surface area (Å²) in [6.07, 6.45) is 2.86. The van der Waals surface area contributed by atoms with Gasteiger partial charge in [-0.05, 0) is 48.4 Å². The minimum atomic E-state index is 0. The van der Waals surface area contributed by atoms with Crippen LogP contribution in [0.3, 0.4) is 0 Å². The first-order valence-corrected chi connectivity index (χ1v) is 8.02. The second kappa shape index (κ2) is 8.54. The summed E-state index contributed by atoms with van der Waals surface area (Å²) in [4.78, 5) is 11.9. The standard InChI is InChI=1S/C18H28N2O.ClH/c1-18(2,3)16-7-4-14(5-8-16)13-20-17(21)9-6-15-10-11-19-12-15;/h4-5,7-8,15,19H,6,9-13H2,1-3H3,(H,20,21);1H. The van der Waals surface area contributed by atoms with E-state index in [2.05, 4.69) is 55.7 Å². The lowest BCUT2D eigenvalue weighted by molar-refractivity contribution is -0.121. The molecule has 2 rings (SSSR count). The molecule has 1 fully saturated rings. The molecule has 0 aromatic heterocycles. The van der Waals surface area contributed by atoms with Gasteiger partial charge in [0.2, 0.25) is 5.91 Å². The van der Waals surface area contributed by atoms with Crippen LogP contribution in [0.5, 0.6) is 0 Å². The van der Waals surface area contributed by atoms with E-state index in [9.17, 15) is 4.79 Å². The van der Waals surface area contributed by atoms with E-state index in [0.29, 0.717) is 18.9 Å². The Hall–Kier alpha value is -1.06. The molecule has 0 bridgehead atoms. The van der Waals surface area contributed by atoms with Crippen molar-refractivity contribution in [2.24, 2.45) is 5.92 Å². The fourth-order valence-corrected chi connectivity index (χ4v) is 2.71. The Bertz CT molecular complexity index is 459. The third-order valence-corrected chi connectivity index (χ3v) is 4.25. The molecule has 1 amide bonds. The predicted molar refractivity (Wildman–Crippen MR) is 94.4 cm³/mol. The first kappa shape index (κ1) is 19.0. The van der Waals surface area contributed by atoms with E-state index in [1.54, 1.807) is 0 Å². The molecule has 1 atom stereocenters. The molecular formula is C18H29ClN2O. The summed E-state index contributed by atoms with van der Waals surface area (Å²) in [6, 6.07) is 8.54. The molecule has 1 aliphatic rings. The molecule has 1 unspecified atom stereocenters. The summed E-state index contributed by atoms with van der Waals surface area (Å²) >= 11 is 0. The third kappa shape index (κ3) is 5.98. The Morgan fingerprint density at radius 2 is 1.95 bits per heavy atom. The van der Waals surface area contributed by atoms with E-state index < -0.39 is 0 Å². The van der Waals surface area contributed by atoms with Crippen molar-refractivity contribution in [3.8, 4) is 0 Å². The summed E-state index contributed by atoms with van der Waals surface area (Å²) in [5.74, 6) is 0.851. The average Bonchev–Trinajstić information content (AvgIpc) is 2.95. The molecule has 1 saturated heterocycles. The van der Waals surface area contributed by atoms with Crippen molar-refractivity contribution in [3.63, 3.8) is 0 Å². The van der Waals surface area contributed by atoms with Crippen molar-refractivity contribution in [2.45, 2.75) is 52.0 Å². The molecule has 0 saturated carbocycles. The lowest BCUT2D eigenvalue weighted by Gasteiger charge is -2.19. The number of halogens is 1. The van der Waals surface area contributed by atoms with Crippen LogP contribution in [0.25, 0.3) is 0 Å². The highest BCUT2D eigenvalue weighted by Crippen LogP contribution is 2.22. The summed E-state index contributed by atoms with van der Waals surface area (Å²) in [7, 11) is 0. The van der Waals surface area contributed by atoms with E-state index in [-0.39, 0.29) is 23.7 Å². The van der Waals surface area contributed by atoms with Gasteiger partial charge in [0.1, 0.15) is 0 Å². The minimum Gasteiger partial charge on any atom is -0.352 e. The molecule has 1 aromatic carbocycles. The summed E-state index contributed by atoms with van der Waals surface area (Å²) in [5, 5.41) is 6.36. The monoisotopic (exact) mass is 324 g/mol. The fourth-order valence-electron chi connectivity index (χ4n) is 2.71. The van der Waals surface area contributed by atoms with Gasteiger partial charge in [0, 0.05) is 13.0 Å². The zero-order chi connectivity index (χ0) is 15.3. The number of hydrogen-bond donors (Lipinski definition) is 2. The van der Waals surface area contributed by atoms with Gasteiger partial charge in [-0.25, -0.2) is 0 Å². The van der Waals surface area contributed by atoms with Crippen LogP contribution in [-0.4, -0.2) is 19.0 Å². The Balaban J connectivity index is 0.00000242. The largest absolute Gasteiger partial charge is 0.352 e. The fraction of sp³-hybridized carbons (Fsp3) is 0.611. The Morgan fingerprint density at radius 3 is 2.50 bits per heavy atom. The van der Waals surface area contributed by atoms with Crippen molar-refractivity contribution in [3.05, 3.63) is 35.4 Å². The molecule has 0 radical (unpaired) electrons. The maximum Gasteiger partial charge on any atom is 0.220 e. The highest BCUT2D eigenvalue weighted by molar-refractivity contribution is 5.85. The molecule has 22 heavy (non-hydrogen) atoms. The van der Waals surface area contributed by atoms with Gasteiger partial charge in [-0.2, -0.15) is 0 Å². The van der Waals surface area contributed by atoms with Gasteiger partial charge in [-0.15, -0.1) is 12.4 Å². The van der Waals surface area contributed by atoms with Gasteiger partial charge < -0.3 is 10.6 Å². The van der Waals surface area contributed by atoms with Crippen LogP contribution in [0.4, 0.5) is 0 Å². The van der Waals surface area contributed by atoms with Crippen molar-refractivity contribution in [1.29, 1.82) is 0 Å². The summed E-state index contributed by atoms with van der Waals surface area (Å²) in [5.41, 5.74) is 2.67. The van der Waals surface area contributed by atoms with Gasteiger partial charge in [0.05, 0.1) is 0 Å². The second-order valence-electron chi connectivity index (χ2n) is 7.12.